The highest BCUT2D eigenvalue weighted by molar-refractivity contribution is 7.88. The third kappa shape index (κ3) is 2.34. The van der Waals surface area contributed by atoms with E-state index in [4.69, 9.17) is 0 Å². The molecule has 15 heavy (non-hydrogen) atoms. The van der Waals surface area contributed by atoms with E-state index in [0.717, 1.165) is 19.4 Å². The number of sulfonamides is 1. The van der Waals surface area contributed by atoms with Crippen molar-refractivity contribution in [2.45, 2.75) is 32.2 Å². The van der Waals surface area contributed by atoms with Gasteiger partial charge in [0.1, 0.15) is 0 Å². The Labute approximate surface area is 92.1 Å². The van der Waals surface area contributed by atoms with Crippen LogP contribution in [0.5, 0.6) is 0 Å². The number of hydrogen-bond acceptors (Lipinski definition) is 3. The summed E-state index contributed by atoms with van der Waals surface area (Å²) in [4.78, 5) is 0. The van der Waals surface area contributed by atoms with Gasteiger partial charge in [-0.15, -0.1) is 0 Å². The van der Waals surface area contributed by atoms with Crippen LogP contribution in [0.15, 0.2) is 0 Å². The molecule has 0 amide bonds. The summed E-state index contributed by atoms with van der Waals surface area (Å²) in [6.45, 7) is 4.67. The average molecular weight is 232 g/mol. The Morgan fingerprint density at radius 1 is 1.33 bits per heavy atom. The Morgan fingerprint density at radius 2 is 1.93 bits per heavy atom. The van der Waals surface area contributed by atoms with Crippen molar-refractivity contribution in [3.05, 3.63) is 0 Å². The second-order valence-corrected chi connectivity index (χ2v) is 7.13. The first kappa shape index (κ1) is 11.4. The molecule has 1 atom stereocenters. The molecular weight excluding hydrogens is 212 g/mol. The molecule has 2 rings (SSSR count). The lowest BCUT2D eigenvalue weighted by Gasteiger charge is -2.37. The number of nitrogens with one attached hydrogen (secondary N) is 1. The Bertz CT molecular complexity index is 331. The summed E-state index contributed by atoms with van der Waals surface area (Å²) in [6, 6.07) is 0.592. The molecule has 5 heteroatoms. The van der Waals surface area contributed by atoms with E-state index in [1.165, 1.54) is 12.7 Å². The van der Waals surface area contributed by atoms with Gasteiger partial charge in [0.15, 0.2) is 0 Å². The van der Waals surface area contributed by atoms with Crippen LogP contribution in [-0.4, -0.2) is 44.7 Å². The summed E-state index contributed by atoms with van der Waals surface area (Å²) in [7, 11) is -2.97. The summed E-state index contributed by atoms with van der Waals surface area (Å²) >= 11 is 0. The van der Waals surface area contributed by atoms with Gasteiger partial charge in [0.2, 0.25) is 10.0 Å². The van der Waals surface area contributed by atoms with E-state index in [-0.39, 0.29) is 0 Å². The minimum absolute atomic E-state index is 0.376. The quantitative estimate of drug-likeness (QED) is 0.712. The average Bonchev–Trinajstić information content (AvgIpc) is 2.47. The minimum atomic E-state index is -2.97. The first-order valence-electron chi connectivity index (χ1n) is 5.60. The van der Waals surface area contributed by atoms with Crippen molar-refractivity contribution in [2.24, 2.45) is 5.41 Å². The second-order valence-electron chi connectivity index (χ2n) is 5.15. The standard InChI is InChI=1S/C10H20N2O2S/c1-9-7-10(8-11-9)3-5-12(6-4-10)15(2,13)14/h9,11H,3-8H2,1-2H3/t9-/m1/s1. The van der Waals surface area contributed by atoms with Crippen molar-refractivity contribution in [2.75, 3.05) is 25.9 Å². The molecule has 0 unspecified atom stereocenters. The third-order valence-corrected chi connectivity index (χ3v) is 5.12. The molecule has 1 spiro atoms. The van der Waals surface area contributed by atoms with Gasteiger partial charge in [-0.2, -0.15) is 0 Å². The number of piperidine rings is 1. The fourth-order valence-corrected chi connectivity index (χ4v) is 3.70. The van der Waals surface area contributed by atoms with Gasteiger partial charge >= 0.3 is 0 Å². The molecule has 2 aliphatic rings. The van der Waals surface area contributed by atoms with Crippen molar-refractivity contribution < 1.29 is 8.42 Å². The molecule has 2 saturated heterocycles. The molecule has 2 aliphatic heterocycles. The Morgan fingerprint density at radius 3 is 2.33 bits per heavy atom. The van der Waals surface area contributed by atoms with Crippen LogP contribution in [0.3, 0.4) is 0 Å². The zero-order valence-electron chi connectivity index (χ0n) is 9.49. The molecule has 0 bridgehead atoms. The maximum atomic E-state index is 11.4. The van der Waals surface area contributed by atoms with Crippen LogP contribution in [0, 0.1) is 5.41 Å². The molecule has 88 valence electrons. The topological polar surface area (TPSA) is 49.4 Å². The normalized spacial score (nSPS) is 32.3. The van der Waals surface area contributed by atoms with Gasteiger partial charge in [0.25, 0.3) is 0 Å². The zero-order valence-corrected chi connectivity index (χ0v) is 10.3. The molecule has 2 heterocycles. The Balaban J connectivity index is 1.98. The maximum Gasteiger partial charge on any atom is 0.211 e. The second kappa shape index (κ2) is 3.71. The highest BCUT2D eigenvalue weighted by atomic mass is 32.2. The van der Waals surface area contributed by atoms with Crippen molar-refractivity contribution in [3.63, 3.8) is 0 Å². The van der Waals surface area contributed by atoms with Gasteiger partial charge in [-0.25, -0.2) is 12.7 Å². The molecule has 0 aliphatic carbocycles. The maximum absolute atomic E-state index is 11.4. The van der Waals surface area contributed by atoms with Crippen LogP contribution in [0.25, 0.3) is 0 Å². The van der Waals surface area contributed by atoms with Gasteiger partial charge in [-0.1, -0.05) is 0 Å². The smallest absolute Gasteiger partial charge is 0.211 e. The van der Waals surface area contributed by atoms with Gasteiger partial charge in [0.05, 0.1) is 6.26 Å². The lowest BCUT2D eigenvalue weighted by Crippen LogP contribution is -2.43. The zero-order chi connectivity index (χ0) is 11.1. The number of hydrogen-bond donors (Lipinski definition) is 1. The number of nitrogens with zero attached hydrogens (tertiary/aromatic N) is 1. The van der Waals surface area contributed by atoms with Gasteiger partial charge in [0, 0.05) is 25.7 Å². The van der Waals surface area contributed by atoms with Crippen LogP contribution in [0.1, 0.15) is 26.2 Å². The molecule has 4 nitrogen and oxygen atoms in total. The molecule has 0 aromatic heterocycles. The first-order chi connectivity index (χ1) is 6.91. The molecule has 0 aromatic carbocycles. The minimum Gasteiger partial charge on any atom is -0.314 e. The Hall–Kier alpha value is -0.130. The summed E-state index contributed by atoms with van der Waals surface area (Å²) in [5.74, 6) is 0. The molecule has 0 saturated carbocycles. The monoisotopic (exact) mass is 232 g/mol. The molecule has 0 radical (unpaired) electrons. The van der Waals surface area contributed by atoms with Crippen molar-refractivity contribution in [3.8, 4) is 0 Å². The van der Waals surface area contributed by atoms with Gasteiger partial charge in [-0.3, -0.25) is 0 Å². The van der Waals surface area contributed by atoms with Crippen LogP contribution in [0.2, 0.25) is 0 Å². The summed E-state index contributed by atoms with van der Waals surface area (Å²) in [5.41, 5.74) is 0.376. The largest absolute Gasteiger partial charge is 0.314 e. The first-order valence-corrected chi connectivity index (χ1v) is 7.45. The van der Waals surface area contributed by atoms with E-state index >= 15 is 0 Å². The highest BCUT2D eigenvalue weighted by Gasteiger charge is 2.41. The van der Waals surface area contributed by atoms with Crippen molar-refractivity contribution >= 4 is 10.0 Å². The van der Waals surface area contributed by atoms with E-state index in [2.05, 4.69) is 12.2 Å². The predicted octanol–water partition coefficient (Wildman–Crippen LogP) is 0.410. The molecule has 2 fully saturated rings. The Kier molecular flexibility index (Phi) is 2.81. The summed E-state index contributed by atoms with van der Waals surface area (Å²) < 4.78 is 24.3. The van der Waals surface area contributed by atoms with E-state index in [0.29, 0.717) is 24.5 Å². The lowest BCUT2D eigenvalue weighted by atomic mass is 9.77. The third-order valence-electron chi connectivity index (χ3n) is 3.82. The summed E-state index contributed by atoms with van der Waals surface area (Å²) in [6.07, 6.45) is 4.53. The van der Waals surface area contributed by atoms with E-state index in [1.54, 1.807) is 4.31 Å². The SMILES string of the molecule is C[C@@H]1CC2(CCN(S(C)(=O)=O)CC2)CN1. The molecular formula is C10H20N2O2S. The van der Waals surface area contributed by atoms with E-state index < -0.39 is 10.0 Å². The lowest BCUT2D eigenvalue weighted by molar-refractivity contribution is 0.173. The predicted molar refractivity (Wildman–Crippen MR) is 60.2 cm³/mol. The van der Waals surface area contributed by atoms with Crippen LogP contribution < -0.4 is 5.32 Å². The molecule has 1 N–H and O–H groups in total. The van der Waals surface area contributed by atoms with Crippen molar-refractivity contribution in [1.29, 1.82) is 0 Å². The van der Waals surface area contributed by atoms with Crippen LogP contribution >= 0.6 is 0 Å². The number of rotatable bonds is 1. The molecule has 0 aromatic rings. The van der Waals surface area contributed by atoms with Gasteiger partial charge < -0.3 is 5.32 Å². The van der Waals surface area contributed by atoms with Gasteiger partial charge in [-0.05, 0) is 31.6 Å². The van der Waals surface area contributed by atoms with Crippen LogP contribution in [0.4, 0.5) is 0 Å². The summed E-state index contributed by atoms with van der Waals surface area (Å²) in [5, 5.41) is 3.47. The van der Waals surface area contributed by atoms with E-state index in [9.17, 15) is 8.42 Å². The van der Waals surface area contributed by atoms with Crippen LogP contribution in [-0.2, 0) is 10.0 Å². The van der Waals surface area contributed by atoms with E-state index in [1.807, 2.05) is 0 Å². The highest BCUT2D eigenvalue weighted by Crippen LogP contribution is 2.39. The van der Waals surface area contributed by atoms with Crippen molar-refractivity contribution in [1.82, 2.24) is 9.62 Å². The fourth-order valence-electron chi connectivity index (χ4n) is 2.86. The fraction of sp³-hybridized carbons (Fsp3) is 1.00.